The lowest BCUT2D eigenvalue weighted by molar-refractivity contribution is -0.132. The van der Waals surface area contributed by atoms with Crippen LogP contribution in [-0.4, -0.2) is 38.6 Å². The van der Waals surface area contributed by atoms with E-state index in [1.165, 1.54) is 18.2 Å². The van der Waals surface area contributed by atoms with Crippen LogP contribution in [0.3, 0.4) is 0 Å². The van der Waals surface area contributed by atoms with E-state index in [0.717, 1.165) is 12.2 Å². The van der Waals surface area contributed by atoms with Crippen molar-refractivity contribution in [3.63, 3.8) is 0 Å². The summed E-state index contributed by atoms with van der Waals surface area (Å²) in [6.45, 7) is 6.77. The summed E-state index contributed by atoms with van der Waals surface area (Å²) >= 11 is 0. The summed E-state index contributed by atoms with van der Waals surface area (Å²) in [5.74, 6) is -2.32. The second-order valence-electron chi connectivity index (χ2n) is 6.86. The first-order chi connectivity index (χ1) is 11.4. The van der Waals surface area contributed by atoms with Crippen molar-refractivity contribution < 1.29 is 29.7 Å². The van der Waals surface area contributed by atoms with Crippen molar-refractivity contribution >= 4 is 17.7 Å². The molecule has 0 bridgehead atoms. The minimum atomic E-state index is -1.44. The summed E-state index contributed by atoms with van der Waals surface area (Å²) in [7, 11) is 0. The molecule has 0 radical (unpaired) electrons. The Balaban J connectivity index is 3.34. The number of carboxylic acid groups (broad SMARTS) is 2. The lowest BCUT2D eigenvalue weighted by atomic mass is 9.62. The molecule has 0 saturated heterocycles. The van der Waals surface area contributed by atoms with Crippen LogP contribution in [0.1, 0.15) is 40.5 Å². The third kappa shape index (κ3) is 4.76. The fourth-order valence-electron chi connectivity index (χ4n) is 2.98. The second kappa shape index (κ2) is 7.61. The summed E-state index contributed by atoms with van der Waals surface area (Å²) in [4.78, 5) is 33.7. The Morgan fingerprint density at radius 2 is 1.76 bits per heavy atom. The minimum absolute atomic E-state index is 0.100. The van der Waals surface area contributed by atoms with Gasteiger partial charge in [-0.25, -0.2) is 9.59 Å². The zero-order chi connectivity index (χ0) is 19.4. The molecular weight excluding hydrogens is 324 g/mol. The van der Waals surface area contributed by atoms with Gasteiger partial charge in [0.1, 0.15) is 5.60 Å². The minimum Gasteiger partial charge on any atom is -0.478 e. The van der Waals surface area contributed by atoms with E-state index >= 15 is 0 Å². The van der Waals surface area contributed by atoms with Gasteiger partial charge in [0.05, 0.1) is 0 Å². The molecule has 0 aliphatic heterocycles. The van der Waals surface area contributed by atoms with Crippen molar-refractivity contribution in [2.75, 3.05) is 0 Å². The van der Waals surface area contributed by atoms with Crippen LogP contribution in [-0.2, 0) is 14.4 Å². The second-order valence-corrected chi connectivity index (χ2v) is 6.86. The smallest absolute Gasteiger partial charge is 0.328 e. The summed E-state index contributed by atoms with van der Waals surface area (Å²) in [5.41, 5.74) is -0.949. The van der Waals surface area contributed by atoms with Gasteiger partial charge in [0, 0.05) is 29.6 Å². The van der Waals surface area contributed by atoms with E-state index in [9.17, 15) is 19.5 Å². The standard InChI is InChI=1S/C19H24O6/c1-12(10-17(23)24)8-9-19(25)13(2)14(6-5-7-16(21)22)15(20)11-18(19,3)4/h5,7-10,25H,6,11H2,1-4H3,(H,21,22)(H,23,24)/t19-/m1/s1. The predicted octanol–water partition coefficient (Wildman–Crippen LogP) is 2.65. The van der Waals surface area contributed by atoms with Gasteiger partial charge in [-0.05, 0) is 37.5 Å². The molecule has 0 heterocycles. The molecule has 136 valence electrons. The molecule has 0 fully saturated rings. The Kier molecular flexibility index (Phi) is 6.26. The van der Waals surface area contributed by atoms with Crippen LogP contribution < -0.4 is 0 Å². The maximum absolute atomic E-state index is 12.4. The third-order valence-electron chi connectivity index (χ3n) is 4.52. The van der Waals surface area contributed by atoms with E-state index in [0.29, 0.717) is 16.7 Å². The molecule has 0 spiro atoms. The van der Waals surface area contributed by atoms with Crippen LogP contribution in [0.2, 0.25) is 0 Å². The molecule has 3 N–H and O–H groups in total. The molecule has 0 unspecified atom stereocenters. The van der Waals surface area contributed by atoms with Gasteiger partial charge in [-0.1, -0.05) is 26.0 Å². The number of carbonyl (C=O) groups excluding carboxylic acids is 1. The van der Waals surface area contributed by atoms with E-state index < -0.39 is 23.0 Å². The molecule has 1 aliphatic rings. The molecule has 1 atom stereocenters. The predicted molar refractivity (Wildman–Crippen MR) is 93.0 cm³/mol. The fourth-order valence-corrected chi connectivity index (χ4v) is 2.98. The Hall–Kier alpha value is -2.47. The van der Waals surface area contributed by atoms with Crippen molar-refractivity contribution in [3.8, 4) is 0 Å². The zero-order valence-electron chi connectivity index (χ0n) is 14.9. The van der Waals surface area contributed by atoms with Gasteiger partial charge in [0.15, 0.2) is 5.78 Å². The Bertz CT molecular complexity index is 705. The SMILES string of the molecule is CC(C=C[C@@]1(O)C(C)=C(CC=CC(=O)O)C(=O)CC1(C)C)=CC(=O)O. The van der Waals surface area contributed by atoms with Crippen LogP contribution in [0, 0.1) is 5.41 Å². The average Bonchev–Trinajstić information content (AvgIpc) is 2.45. The topological polar surface area (TPSA) is 112 Å². The monoisotopic (exact) mass is 348 g/mol. The highest BCUT2D eigenvalue weighted by molar-refractivity contribution is 5.98. The number of aliphatic hydroxyl groups is 1. The highest BCUT2D eigenvalue weighted by Gasteiger charge is 2.49. The molecule has 1 rings (SSSR count). The van der Waals surface area contributed by atoms with Crippen molar-refractivity contribution in [2.24, 2.45) is 5.41 Å². The summed E-state index contributed by atoms with van der Waals surface area (Å²) < 4.78 is 0. The number of Topliss-reactive ketones (excluding diaryl/α,β-unsaturated/α-hetero) is 1. The number of rotatable bonds is 6. The number of allylic oxidation sites excluding steroid dienone is 4. The van der Waals surface area contributed by atoms with Crippen LogP contribution in [0.5, 0.6) is 0 Å². The molecule has 6 nitrogen and oxygen atoms in total. The van der Waals surface area contributed by atoms with E-state index in [1.54, 1.807) is 27.7 Å². The quantitative estimate of drug-likeness (QED) is 0.502. The Labute approximate surface area is 146 Å². The molecule has 0 aromatic heterocycles. The lowest BCUT2D eigenvalue weighted by Crippen LogP contribution is -2.49. The molecule has 1 aliphatic carbocycles. The van der Waals surface area contributed by atoms with Gasteiger partial charge < -0.3 is 15.3 Å². The Morgan fingerprint density at radius 1 is 1.16 bits per heavy atom. The van der Waals surface area contributed by atoms with E-state index in [4.69, 9.17) is 10.2 Å². The van der Waals surface area contributed by atoms with Gasteiger partial charge in [0.25, 0.3) is 0 Å². The van der Waals surface area contributed by atoms with Crippen LogP contribution in [0.25, 0.3) is 0 Å². The number of carboxylic acids is 2. The van der Waals surface area contributed by atoms with E-state index in [2.05, 4.69) is 0 Å². The van der Waals surface area contributed by atoms with Crippen LogP contribution in [0.15, 0.2) is 47.1 Å². The first-order valence-corrected chi connectivity index (χ1v) is 7.86. The summed E-state index contributed by atoms with van der Waals surface area (Å²) in [6, 6.07) is 0. The molecular formula is C19H24O6. The molecule has 0 amide bonds. The number of carbonyl (C=O) groups is 3. The highest BCUT2D eigenvalue weighted by Crippen LogP contribution is 2.47. The van der Waals surface area contributed by atoms with E-state index in [-0.39, 0.29) is 18.6 Å². The van der Waals surface area contributed by atoms with Crippen LogP contribution >= 0.6 is 0 Å². The average molecular weight is 348 g/mol. The molecule has 0 aromatic rings. The third-order valence-corrected chi connectivity index (χ3v) is 4.52. The Morgan fingerprint density at radius 3 is 2.28 bits per heavy atom. The lowest BCUT2D eigenvalue weighted by Gasteiger charge is -2.45. The number of aliphatic carboxylic acids is 2. The van der Waals surface area contributed by atoms with Crippen molar-refractivity contribution in [1.29, 1.82) is 0 Å². The number of hydrogen-bond donors (Lipinski definition) is 3. The van der Waals surface area contributed by atoms with Gasteiger partial charge in [-0.15, -0.1) is 0 Å². The summed E-state index contributed by atoms with van der Waals surface area (Å²) in [5, 5.41) is 28.7. The van der Waals surface area contributed by atoms with Crippen LogP contribution in [0.4, 0.5) is 0 Å². The molecule has 0 saturated carbocycles. The first-order valence-electron chi connectivity index (χ1n) is 7.86. The first kappa shape index (κ1) is 20.6. The fraction of sp³-hybridized carbons (Fsp3) is 0.421. The summed E-state index contributed by atoms with van der Waals surface area (Å²) in [6.07, 6.45) is 6.59. The maximum atomic E-state index is 12.4. The molecule has 0 aromatic carbocycles. The van der Waals surface area contributed by atoms with E-state index in [1.807, 2.05) is 0 Å². The number of ketones is 1. The van der Waals surface area contributed by atoms with Gasteiger partial charge >= 0.3 is 11.9 Å². The zero-order valence-corrected chi connectivity index (χ0v) is 14.9. The highest BCUT2D eigenvalue weighted by atomic mass is 16.4. The van der Waals surface area contributed by atoms with Gasteiger partial charge in [-0.2, -0.15) is 0 Å². The van der Waals surface area contributed by atoms with Crippen molar-refractivity contribution in [1.82, 2.24) is 0 Å². The number of hydrogen-bond acceptors (Lipinski definition) is 4. The van der Waals surface area contributed by atoms with Gasteiger partial charge in [0.2, 0.25) is 0 Å². The van der Waals surface area contributed by atoms with Crippen molar-refractivity contribution in [3.05, 3.63) is 47.1 Å². The van der Waals surface area contributed by atoms with Gasteiger partial charge in [-0.3, -0.25) is 4.79 Å². The van der Waals surface area contributed by atoms with Crippen molar-refractivity contribution in [2.45, 2.75) is 46.1 Å². The molecule has 6 heteroatoms. The maximum Gasteiger partial charge on any atom is 0.328 e. The normalized spacial score (nSPS) is 24.4. The largest absolute Gasteiger partial charge is 0.478 e. The molecule has 25 heavy (non-hydrogen) atoms.